The number of benzene rings is 2. The zero-order chi connectivity index (χ0) is 20.1. The van der Waals surface area contributed by atoms with E-state index < -0.39 is 11.8 Å². The number of aromatic nitrogens is 2. The molecule has 0 aliphatic carbocycles. The minimum absolute atomic E-state index is 0.275. The van der Waals surface area contributed by atoms with E-state index in [1.807, 2.05) is 41.1 Å². The van der Waals surface area contributed by atoms with E-state index in [4.69, 9.17) is 4.74 Å². The summed E-state index contributed by atoms with van der Waals surface area (Å²) in [5.74, 6) is -0.297. The van der Waals surface area contributed by atoms with Crippen molar-refractivity contribution in [2.45, 2.75) is 6.61 Å². The van der Waals surface area contributed by atoms with Crippen molar-refractivity contribution in [3.63, 3.8) is 0 Å². The highest BCUT2D eigenvalue weighted by Gasteiger charge is 2.10. The molecule has 7 heteroatoms. The molecule has 0 aliphatic rings. The fourth-order valence-electron chi connectivity index (χ4n) is 2.79. The highest BCUT2D eigenvalue weighted by Crippen LogP contribution is 2.15. The third-order valence-electron chi connectivity index (χ3n) is 4.22. The van der Waals surface area contributed by atoms with E-state index in [9.17, 15) is 9.59 Å². The van der Waals surface area contributed by atoms with Crippen LogP contribution in [0.25, 0.3) is 5.65 Å². The average Bonchev–Trinajstić information content (AvgIpc) is 3.19. The van der Waals surface area contributed by atoms with Crippen LogP contribution >= 0.6 is 0 Å². The number of pyridine rings is 1. The maximum Gasteiger partial charge on any atom is 0.269 e. The van der Waals surface area contributed by atoms with Crippen molar-refractivity contribution in [3.05, 3.63) is 102 Å². The van der Waals surface area contributed by atoms with E-state index in [0.717, 1.165) is 11.3 Å². The standard InChI is InChI=1S/C22H18N4O3/c27-21(16-7-2-1-3-8-16)24-25-22(28)17-9-6-10-19(13-17)29-15-18-14-26-12-5-4-11-20(26)23-18/h1-14H,15H2,(H,24,27)(H,25,28). The molecule has 0 fully saturated rings. The number of imidazole rings is 1. The molecule has 0 spiro atoms. The van der Waals surface area contributed by atoms with Crippen LogP contribution in [0.4, 0.5) is 0 Å². The number of ether oxygens (including phenoxy) is 1. The van der Waals surface area contributed by atoms with Gasteiger partial charge in [-0.25, -0.2) is 4.98 Å². The molecule has 0 radical (unpaired) electrons. The Balaban J connectivity index is 1.36. The maximum absolute atomic E-state index is 12.3. The Bertz CT molecular complexity index is 1120. The number of nitrogens with zero attached hydrogens (tertiary/aromatic N) is 2. The van der Waals surface area contributed by atoms with Gasteiger partial charge in [-0.1, -0.05) is 30.3 Å². The second kappa shape index (κ2) is 8.26. The van der Waals surface area contributed by atoms with Crippen molar-refractivity contribution in [3.8, 4) is 5.75 Å². The van der Waals surface area contributed by atoms with Crippen molar-refractivity contribution in [2.24, 2.45) is 0 Å². The van der Waals surface area contributed by atoms with Gasteiger partial charge in [-0.3, -0.25) is 20.4 Å². The summed E-state index contributed by atoms with van der Waals surface area (Å²) in [6.45, 7) is 0.275. The lowest BCUT2D eigenvalue weighted by Gasteiger charge is -2.09. The second-order valence-corrected chi connectivity index (χ2v) is 6.29. The van der Waals surface area contributed by atoms with Crippen molar-refractivity contribution in [2.75, 3.05) is 0 Å². The summed E-state index contributed by atoms with van der Waals surface area (Å²) in [6.07, 6.45) is 3.81. The molecule has 144 valence electrons. The molecule has 0 saturated carbocycles. The first-order valence-corrected chi connectivity index (χ1v) is 9.00. The number of hydrogen-bond donors (Lipinski definition) is 2. The van der Waals surface area contributed by atoms with E-state index in [1.54, 1.807) is 48.5 Å². The highest BCUT2D eigenvalue weighted by molar-refractivity contribution is 5.99. The Labute approximate surface area is 166 Å². The summed E-state index contributed by atoms with van der Waals surface area (Å²) < 4.78 is 7.68. The Morgan fingerprint density at radius 2 is 1.59 bits per heavy atom. The molecular formula is C22H18N4O3. The Kier molecular flexibility index (Phi) is 5.20. The predicted octanol–water partition coefficient (Wildman–Crippen LogP) is 2.99. The lowest BCUT2D eigenvalue weighted by molar-refractivity contribution is 0.0846. The third-order valence-corrected chi connectivity index (χ3v) is 4.22. The van der Waals surface area contributed by atoms with Crippen molar-refractivity contribution >= 4 is 17.5 Å². The molecular weight excluding hydrogens is 368 g/mol. The van der Waals surface area contributed by atoms with E-state index in [2.05, 4.69) is 15.8 Å². The number of nitrogens with one attached hydrogen (secondary N) is 2. The van der Waals surface area contributed by atoms with Crippen LogP contribution in [-0.4, -0.2) is 21.2 Å². The number of rotatable bonds is 5. The summed E-state index contributed by atoms with van der Waals surface area (Å²) >= 11 is 0. The van der Waals surface area contributed by atoms with E-state index >= 15 is 0 Å². The topological polar surface area (TPSA) is 84.7 Å². The van der Waals surface area contributed by atoms with E-state index in [1.165, 1.54) is 0 Å². The molecule has 0 aliphatic heterocycles. The van der Waals surface area contributed by atoms with Crippen LogP contribution in [0.2, 0.25) is 0 Å². The predicted molar refractivity (Wildman–Crippen MR) is 107 cm³/mol. The molecule has 2 aromatic carbocycles. The summed E-state index contributed by atoms with van der Waals surface area (Å²) in [7, 11) is 0. The van der Waals surface area contributed by atoms with Crippen LogP contribution < -0.4 is 15.6 Å². The Morgan fingerprint density at radius 1 is 0.862 bits per heavy atom. The molecule has 0 unspecified atom stereocenters. The number of amides is 2. The van der Waals surface area contributed by atoms with Gasteiger partial charge in [-0.05, 0) is 42.5 Å². The second-order valence-electron chi connectivity index (χ2n) is 6.29. The molecule has 4 aromatic rings. The average molecular weight is 386 g/mol. The van der Waals surface area contributed by atoms with Gasteiger partial charge in [0, 0.05) is 23.5 Å². The number of carbonyl (C=O) groups is 2. The van der Waals surface area contributed by atoms with Crippen LogP contribution in [0, 0.1) is 0 Å². The van der Waals surface area contributed by atoms with Gasteiger partial charge in [0.2, 0.25) is 0 Å². The lowest BCUT2D eigenvalue weighted by Crippen LogP contribution is -2.41. The molecule has 2 amide bonds. The molecule has 2 heterocycles. The summed E-state index contributed by atoms with van der Waals surface area (Å²) in [5.41, 5.74) is 7.25. The third kappa shape index (κ3) is 4.41. The monoisotopic (exact) mass is 386 g/mol. The zero-order valence-corrected chi connectivity index (χ0v) is 15.4. The lowest BCUT2D eigenvalue weighted by atomic mass is 10.2. The highest BCUT2D eigenvalue weighted by atomic mass is 16.5. The molecule has 2 N–H and O–H groups in total. The van der Waals surface area contributed by atoms with Gasteiger partial charge in [0.15, 0.2) is 0 Å². The van der Waals surface area contributed by atoms with Crippen LogP contribution in [0.15, 0.2) is 85.2 Å². The van der Waals surface area contributed by atoms with Crippen molar-refractivity contribution in [1.29, 1.82) is 0 Å². The summed E-state index contributed by atoms with van der Waals surface area (Å²) in [4.78, 5) is 28.8. The molecule has 29 heavy (non-hydrogen) atoms. The van der Waals surface area contributed by atoms with Gasteiger partial charge >= 0.3 is 0 Å². The number of hydrogen-bond acceptors (Lipinski definition) is 4. The van der Waals surface area contributed by atoms with Crippen LogP contribution in [-0.2, 0) is 6.61 Å². The van der Waals surface area contributed by atoms with Gasteiger partial charge in [-0.15, -0.1) is 0 Å². The van der Waals surface area contributed by atoms with Gasteiger partial charge in [-0.2, -0.15) is 0 Å². The van der Waals surface area contributed by atoms with Gasteiger partial charge in [0.25, 0.3) is 11.8 Å². The molecule has 2 aromatic heterocycles. The quantitative estimate of drug-likeness (QED) is 0.517. The first kappa shape index (κ1) is 18.2. The summed E-state index contributed by atoms with van der Waals surface area (Å²) in [5, 5.41) is 0. The fourth-order valence-corrected chi connectivity index (χ4v) is 2.79. The van der Waals surface area contributed by atoms with Gasteiger partial charge < -0.3 is 9.14 Å². The van der Waals surface area contributed by atoms with Crippen LogP contribution in [0.1, 0.15) is 26.4 Å². The first-order valence-electron chi connectivity index (χ1n) is 9.00. The molecule has 4 rings (SSSR count). The van der Waals surface area contributed by atoms with E-state index in [-0.39, 0.29) is 6.61 Å². The minimum atomic E-state index is -0.438. The SMILES string of the molecule is O=C(NNC(=O)c1cccc(OCc2cn3ccccc3n2)c1)c1ccccc1. The Morgan fingerprint density at radius 3 is 2.38 bits per heavy atom. The van der Waals surface area contributed by atoms with Gasteiger partial charge in [0.05, 0.1) is 5.69 Å². The largest absolute Gasteiger partial charge is 0.487 e. The first-order chi connectivity index (χ1) is 14.2. The Hall–Kier alpha value is -4.13. The smallest absolute Gasteiger partial charge is 0.269 e. The fraction of sp³-hybridized carbons (Fsp3) is 0.0455. The number of carbonyl (C=O) groups excluding carboxylic acids is 2. The van der Waals surface area contributed by atoms with Crippen molar-refractivity contribution in [1.82, 2.24) is 20.2 Å². The number of hydrazine groups is 1. The maximum atomic E-state index is 12.3. The van der Waals surface area contributed by atoms with E-state index in [0.29, 0.717) is 16.9 Å². The normalized spacial score (nSPS) is 10.5. The summed E-state index contributed by atoms with van der Waals surface area (Å²) in [6, 6.07) is 21.1. The van der Waals surface area contributed by atoms with Crippen molar-refractivity contribution < 1.29 is 14.3 Å². The molecule has 7 nitrogen and oxygen atoms in total. The molecule has 0 saturated heterocycles. The number of fused-ring (bicyclic) bond motifs is 1. The van der Waals surface area contributed by atoms with Crippen LogP contribution in [0.5, 0.6) is 5.75 Å². The zero-order valence-electron chi connectivity index (χ0n) is 15.4. The molecule has 0 atom stereocenters. The van der Waals surface area contributed by atoms with Gasteiger partial charge in [0.1, 0.15) is 18.0 Å². The molecule has 0 bridgehead atoms. The van der Waals surface area contributed by atoms with Crippen LogP contribution in [0.3, 0.4) is 0 Å². The minimum Gasteiger partial charge on any atom is -0.487 e.